The van der Waals surface area contributed by atoms with Crippen LogP contribution in [0.2, 0.25) is 0 Å². The predicted molar refractivity (Wildman–Crippen MR) is 83.9 cm³/mol. The summed E-state index contributed by atoms with van der Waals surface area (Å²) in [6.45, 7) is 6.62. The van der Waals surface area contributed by atoms with Gasteiger partial charge >= 0.3 is 0 Å². The van der Waals surface area contributed by atoms with Gasteiger partial charge in [-0.1, -0.05) is 63.2 Å². The quantitative estimate of drug-likeness (QED) is 0.620. The molecule has 1 atom stereocenters. The van der Waals surface area contributed by atoms with Crippen LogP contribution in [0.25, 0.3) is 0 Å². The lowest BCUT2D eigenvalue weighted by Crippen LogP contribution is -2.15. The monoisotopic (exact) mass is 290 g/mol. The Hall–Kier alpha value is -1.34. The standard InChI is InChI=1S/C18H20ClF/c1-4-18(2,3)14-11-9-13(10-12-14)17(19)15-7-5-6-8-16(15)20/h5-12,17H,4H2,1-3H3. The topological polar surface area (TPSA) is 0 Å². The van der Waals surface area contributed by atoms with Crippen molar-refractivity contribution in [2.75, 3.05) is 0 Å². The SMILES string of the molecule is CCC(C)(C)c1ccc(C(Cl)c2ccccc2F)cc1. The highest BCUT2D eigenvalue weighted by molar-refractivity contribution is 6.22. The Morgan fingerprint density at radius 1 is 1.05 bits per heavy atom. The summed E-state index contributed by atoms with van der Waals surface area (Å²) >= 11 is 6.40. The van der Waals surface area contributed by atoms with Crippen LogP contribution in [0.1, 0.15) is 49.3 Å². The molecule has 0 aliphatic heterocycles. The largest absolute Gasteiger partial charge is 0.207 e. The van der Waals surface area contributed by atoms with E-state index in [4.69, 9.17) is 11.6 Å². The minimum atomic E-state index is -0.449. The van der Waals surface area contributed by atoms with Crippen molar-refractivity contribution in [3.8, 4) is 0 Å². The van der Waals surface area contributed by atoms with Gasteiger partial charge in [0.2, 0.25) is 0 Å². The van der Waals surface area contributed by atoms with E-state index in [0.717, 1.165) is 12.0 Å². The van der Waals surface area contributed by atoms with Gasteiger partial charge in [-0.25, -0.2) is 4.39 Å². The van der Waals surface area contributed by atoms with E-state index in [1.54, 1.807) is 12.1 Å². The van der Waals surface area contributed by atoms with Gasteiger partial charge in [0.25, 0.3) is 0 Å². The summed E-state index contributed by atoms with van der Waals surface area (Å²) < 4.78 is 13.8. The van der Waals surface area contributed by atoms with Gasteiger partial charge in [0.05, 0.1) is 5.38 Å². The zero-order chi connectivity index (χ0) is 14.8. The van der Waals surface area contributed by atoms with E-state index >= 15 is 0 Å². The van der Waals surface area contributed by atoms with E-state index in [-0.39, 0.29) is 11.2 Å². The highest BCUT2D eigenvalue weighted by Crippen LogP contribution is 2.33. The Bertz CT molecular complexity index is 572. The number of benzene rings is 2. The molecule has 0 saturated heterocycles. The van der Waals surface area contributed by atoms with Gasteiger partial charge in [-0.3, -0.25) is 0 Å². The molecule has 0 heterocycles. The van der Waals surface area contributed by atoms with Gasteiger partial charge in [0, 0.05) is 5.56 Å². The van der Waals surface area contributed by atoms with Gasteiger partial charge in [0.1, 0.15) is 5.82 Å². The van der Waals surface area contributed by atoms with Crippen LogP contribution in [0, 0.1) is 5.82 Å². The fourth-order valence-electron chi connectivity index (χ4n) is 2.17. The Balaban J connectivity index is 2.29. The molecular formula is C18H20ClF. The summed E-state index contributed by atoms with van der Waals surface area (Å²) in [5.74, 6) is -0.259. The highest BCUT2D eigenvalue weighted by Gasteiger charge is 2.19. The number of alkyl halides is 1. The van der Waals surface area contributed by atoms with Gasteiger partial charge in [0.15, 0.2) is 0 Å². The zero-order valence-corrected chi connectivity index (χ0v) is 12.9. The normalized spacial score (nSPS) is 13.2. The smallest absolute Gasteiger partial charge is 0.128 e. The first-order valence-electron chi connectivity index (χ1n) is 6.94. The van der Waals surface area contributed by atoms with Crippen LogP contribution in [-0.4, -0.2) is 0 Å². The summed E-state index contributed by atoms with van der Waals surface area (Å²) in [6, 6.07) is 14.8. The van der Waals surface area contributed by atoms with E-state index in [9.17, 15) is 4.39 Å². The second kappa shape index (κ2) is 5.97. The summed E-state index contributed by atoms with van der Waals surface area (Å²) in [5.41, 5.74) is 2.88. The van der Waals surface area contributed by atoms with Gasteiger partial charge in [-0.2, -0.15) is 0 Å². The Labute approximate surface area is 125 Å². The predicted octanol–water partition coefficient (Wildman–Crippen LogP) is 5.84. The van der Waals surface area contributed by atoms with E-state index in [2.05, 4.69) is 32.9 Å². The van der Waals surface area contributed by atoms with Crippen molar-refractivity contribution < 1.29 is 4.39 Å². The maximum absolute atomic E-state index is 13.8. The lowest BCUT2D eigenvalue weighted by Gasteiger charge is -2.24. The molecule has 0 bridgehead atoms. The summed E-state index contributed by atoms with van der Waals surface area (Å²) in [5, 5.41) is -0.449. The minimum Gasteiger partial charge on any atom is -0.207 e. The van der Waals surface area contributed by atoms with Crippen molar-refractivity contribution >= 4 is 11.6 Å². The molecule has 2 aromatic carbocycles. The summed E-state index contributed by atoms with van der Waals surface area (Å²) in [4.78, 5) is 0. The molecule has 0 radical (unpaired) electrons. The van der Waals surface area contributed by atoms with Crippen molar-refractivity contribution in [3.05, 3.63) is 71.0 Å². The zero-order valence-electron chi connectivity index (χ0n) is 12.2. The molecule has 1 unspecified atom stereocenters. The molecule has 0 amide bonds. The molecule has 20 heavy (non-hydrogen) atoms. The Morgan fingerprint density at radius 2 is 1.65 bits per heavy atom. The first kappa shape index (κ1) is 15.1. The molecule has 0 aliphatic rings. The molecule has 0 nitrogen and oxygen atoms in total. The van der Waals surface area contributed by atoms with Crippen LogP contribution < -0.4 is 0 Å². The molecule has 2 rings (SSSR count). The van der Waals surface area contributed by atoms with Gasteiger partial charge < -0.3 is 0 Å². The third-order valence-electron chi connectivity index (χ3n) is 4.05. The highest BCUT2D eigenvalue weighted by atomic mass is 35.5. The molecule has 0 saturated carbocycles. The fraction of sp³-hybridized carbons (Fsp3) is 0.333. The second-order valence-electron chi connectivity index (χ2n) is 5.74. The van der Waals surface area contributed by atoms with Crippen LogP contribution >= 0.6 is 11.6 Å². The maximum Gasteiger partial charge on any atom is 0.128 e. The Morgan fingerprint density at radius 3 is 2.20 bits per heavy atom. The van der Waals surface area contributed by atoms with Crippen molar-refractivity contribution in [1.29, 1.82) is 0 Å². The number of halogens is 2. The molecule has 2 aromatic rings. The lowest BCUT2D eigenvalue weighted by molar-refractivity contribution is 0.506. The van der Waals surface area contributed by atoms with Gasteiger partial charge in [-0.05, 0) is 29.0 Å². The molecule has 0 aliphatic carbocycles. The van der Waals surface area contributed by atoms with E-state index in [1.165, 1.54) is 11.6 Å². The molecule has 0 spiro atoms. The average Bonchev–Trinajstić information content (AvgIpc) is 2.47. The van der Waals surface area contributed by atoms with Crippen molar-refractivity contribution in [3.63, 3.8) is 0 Å². The van der Waals surface area contributed by atoms with Crippen molar-refractivity contribution in [2.24, 2.45) is 0 Å². The third kappa shape index (κ3) is 3.04. The first-order valence-corrected chi connectivity index (χ1v) is 7.38. The van der Waals surface area contributed by atoms with Crippen LogP contribution in [-0.2, 0) is 5.41 Å². The van der Waals surface area contributed by atoms with Crippen molar-refractivity contribution in [2.45, 2.75) is 38.0 Å². The summed E-state index contributed by atoms with van der Waals surface area (Å²) in [6.07, 6.45) is 1.07. The fourth-order valence-corrected chi connectivity index (χ4v) is 2.49. The molecule has 106 valence electrons. The van der Waals surface area contributed by atoms with E-state index < -0.39 is 5.38 Å². The molecule has 0 N–H and O–H groups in total. The van der Waals surface area contributed by atoms with Crippen LogP contribution in [0.3, 0.4) is 0 Å². The third-order valence-corrected chi connectivity index (χ3v) is 4.53. The second-order valence-corrected chi connectivity index (χ2v) is 6.18. The number of hydrogen-bond donors (Lipinski definition) is 0. The van der Waals surface area contributed by atoms with E-state index in [1.807, 2.05) is 18.2 Å². The number of hydrogen-bond acceptors (Lipinski definition) is 0. The van der Waals surface area contributed by atoms with Gasteiger partial charge in [-0.15, -0.1) is 11.6 Å². The molecule has 0 aromatic heterocycles. The van der Waals surface area contributed by atoms with Crippen LogP contribution in [0.5, 0.6) is 0 Å². The average molecular weight is 291 g/mol. The minimum absolute atomic E-state index is 0.151. The molecule has 2 heteroatoms. The lowest BCUT2D eigenvalue weighted by atomic mass is 9.82. The maximum atomic E-state index is 13.8. The molecule has 0 fully saturated rings. The molecular weight excluding hydrogens is 271 g/mol. The number of rotatable bonds is 4. The van der Waals surface area contributed by atoms with Crippen LogP contribution in [0.4, 0.5) is 4.39 Å². The summed E-state index contributed by atoms with van der Waals surface area (Å²) in [7, 11) is 0. The van der Waals surface area contributed by atoms with E-state index in [0.29, 0.717) is 5.56 Å². The Kier molecular flexibility index (Phi) is 4.49. The first-order chi connectivity index (χ1) is 9.45. The van der Waals surface area contributed by atoms with Crippen LogP contribution in [0.15, 0.2) is 48.5 Å². The van der Waals surface area contributed by atoms with Crippen molar-refractivity contribution in [1.82, 2.24) is 0 Å².